The van der Waals surface area contributed by atoms with E-state index in [1.807, 2.05) is 11.3 Å². The zero-order valence-electron chi connectivity index (χ0n) is 12.1. The van der Waals surface area contributed by atoms with Crippen molar-refractivity contribution in [2.45, 2.75) is 77.2 Å². The van der Waals surface area contributed by atoms with E-state index in [9.17, 15) is 0 Å². The molecule has 2 saturated heterocycles. The number of nitrogens with one attached hydrogen (secondary N) is 1. The minimum atomic E-state index is 0.451. The summed E-state index contributed by atoms with van der Waals surface area (Å²) in [5.41, 5.74) is 1.29. The fraction of sp³-hybridized carbons (Fsp3) is 0.800. The maximum absolute atomic E-state index is 5.97. The number of aryl methyl sites for hydroxylation is 1. The van der Waals surface area contributed by atoms with Gasteiger partial charge in [-0.05, 0) is 25.7 Å². The molecule has 3 heterocycles. The van der Waals surface area contributed by atoms with E-state index in [4.69, 9.17) is 9.72 Å². The number of hydrogen-bond donors (Lipinski definition) is 1. The van der Waals surface area contributed by atoms with Gasteiger partial charge in [0.1, 0.15) is 0 Å². The first-order valence-electron chi connectivity index (χ1n) is 7.54. The number of hydrogen-bond acceptors (Lipinski definition) is 4. The highest BCUT2D eigenvalue weighted by Crippen LogP contribution is 2.45. The molecule has 2 bridgehead atoms. The van der Waals surface area contributed by atoms with Gasteiger partial charge >= 0.3 is 0 Å². The first-order valence-corrected chi connectivity index (χ1v) is 8.36. The van der Waals surface area contributed by atoms with Crippen molar-refractivity contribution in [2.75, 3.05) is 0 Å². The van der Waals surface area contributed by atoms with Crippen LogP contribution >= 0.6 is 11.3 Å². The van der Waals surface area contributed by atoms with E-state index < -0.39 is 0 Å². The van der Waals surface area contributed by atoms with Gasteiger partial charge in [0.05, 0.1) is 22.9 Å². The fourth-order valence-corrected chi connectivity index (χ4v) is 4.44. The molecule has 2 fully saturated rings. The lowest BCUT2D eigenvalue weighted by Crippen LogP contribution is -2.21. The van der Waals surface area contributed by atoms with Gasteiger partial charge in [-0.25, -0.2) is 4.98 Å². The van der Waals surface area contributed by atoms with E-state index in [2.05, 4.69) is 26.1 Å². The van der Waals surface area contributed by atoms with Crippen molar-refractivity contribution < 1.29 is 4.74 Å². The zero-order valence-corrected chi connectivity index (χ0v) is 12.9. The second-order valence-electron chi connectivity index (χ2n) is 6.03. The van der Waals surface area contributed by atoms with E-state index in [1.165, 1.54) is 34.8 Å². The van der Waals surface area contributed by atoms with Crippen LogP contribution in [0.4, 0.5) is 0 Å². The minimum Gasteiger partial charge on any atom is -0.374 e. The third-order valence-electron chi connectivity index (χ3n) is 4.22. The number of thiazole rings is 1. The summed E-state index contributed by atoms with van der Waals surface area (Å²) in [6.07, 6.45) is 5.68. The average molecular weight is 280 g/mol. The zero-order chi connectivity index (χ0) is 13.4. The van der Waals surface area contributed by atoms with Crippen LogP contribution in [0.5, 0.6) is 0 Å². The smallest absolute Gasteiger partial charge is 0.0989 e. The molecule has 3 nitrogen and oxygen atoms in total. The maximum atomic E-state index is 5.97. The Balaban J connectivity index is 1.75. The predicted molar refractivity (Wildman–Crippen MR) is 78.7 cm³/mol. The Bertz CT molecular complexity index is 443. The molecule has 2 aliphatic heterocycles. The predicted octanol–water partition coefficient (Wildman–Crippen LogP) is 3.24. The Morgan fingerprint density at radius 3 is 2.84 bits per heavy atom. The summed E-state index contributed by atoms with van der Waals surface area (Å²) in [5.74, 6) is 0.571. The van der Waals surface area contributed by atoms with Gasteiger partial charge in [0, 0.05) is 23.4 Å². The van der Waals surface area contributed by atoms with Crippen LogP contribution in [0.1, 0.15) is 61.5 Å². The second-order valence-corrected chi connectivity index (χ2v) is 7.14. The minimum absolute atomic E-state index is 0.451. The van der Waals surface area contributed by atoms with Gasteiger partial charge in [0.15, 0.2) is 0 Å². The van der Waals surface area contributed by atoms with Crippen LogP contribution < -0.4 is 5.32 Å². The average Bonchev–Trinajstić information content (AvgIpc) is 3.10. The van der Waals surface area contributed by atoms with Gasteiger partial charge in [0.2, 0.25) is 0 Å². The van der Waals surface area contributed by atoms with Gasteiger partial charge < -0.3 is 10.1 Å². The molecule has 106 valence electrons. The highest BCUT2D eigenvalue weighted by molar-refractivity contribution is 7.11. The summed E-state index contributed by atoms with van der Waals surface area (Å²) < 4.78 is 5.97. The molecule has 2 aliphatic rings. The number of fused-ring (bicyclic) bond motifs is 2. The molecule has 1 aromatic heterocycles. The van der Waals surface area contributed by atoms with Crippen molar-refractivity contribution in [3.8, 4) is 0 Å². The standard InChI is InChI=1S/C15H24N2OS/c1-4-12-14(8-16-9(2)3)19-15(17-12)11-7-10-5-6-13(11)18-10/h9-11,13,16H,4-8H2,1-3H3. The lowest BCUT2D eigenvalue weighted by Gasteiger charge is -2.15. The molecule has 3 unspecified atom stereocenters. The van der Waals surface area contributed by atoms with E-state index in [1.54, 1.807) is 0 Å². The molecule has 1 N–H and O–H groups in total. The van der Waals surface area contributed by atoms with Crippen molar-refractivity contribution >= 4 is 11.3 Å². The molecule has 0 aromatic carbocycles. The van der Waals surface area contributed by atoms with Crippen LogP contribution in [0, 0.1) is 0 Å². The monoisotopic (exact) mass is 280 g/mol. The summed E-state index contributed by atoms with van der Waals surface area (Å²) in [5, 5.41) is 4.84. The molecule has 1 aromatic rings. The first kappa shape index (κ1) is 13.5. The third-order valence-corrected chi connectivity index (χ3v) is 5.45. The van der Waals surface area contributed by atoms with Crippen LogP contribution in [0.2, 0.25) is 0 Å². The van der Waals surface area contributed by atoms with Gasteiger partial charge in [-0.15, -0.1) is 11.3 Å². The van der Waals surface area contributed by atoms with E-state index in [0.29, 0.717) is 24.2 Å². The summed E-state index contributed by atoms with van der Waals surface area (Å²) in [7, 11) is 0. The summed E-state index contributed by atoms with van der Waals surface area (Å²) in [4.78, 5) is 6.33. The molecule has 4 heteroatoms. The van der Waals surface area contributed by atoms with Crippen LogP contribution in [0.3, 0.4) is 0 Å². The van der Waals surface area contributed by atoms with E-state index in [0.717, 1.165) is 13.0 Å². The SMILES string of the molecule is CCc1nc(C2CC3CCC2O3)sc1CNC(C)C. The van der Waals surface area contributed by atoms with Crippen molar-refractivity contribution in [2.24, 2.45) is 0 Å². The molecule has 3 rings (SSSR count). The molecule has 0 spiro atoms. The Hall–Kier alpha value is -0.450. The van der Waals surface area contributed by atoms with E-state index in [-0.39, 0.29) is 0 Å². The molecule has 0 saturated carbocycles. The van der Waals surface area contributed by atoms with Crippen molar-refractivity contribution in [1.29, 1.82) is 0 Å². The largest absolute Gasteiger partial charge is 0.374 e. The molecule has 19 heavy (non-hydrogen) atoms. The summed E-state index contributed by atoms with van der Waals surface area (Å²) in [6, 6.07) is 0.529. The lowest BCUT2D eigenvalue weighted by molar-refractivity contribution is 0.100. The Kier molecular flexibility index (Phi) is 3.92. The number of rotatable bonds is 5. The highest BCUT2D eigenvalue weighted by Gasteiger charge is 2.43. The number of nitrogens with zero attached hydrogens (tertiary/aromatic N) is 1. The van der Waals surface area contributed by atoms with Crippen LogP contribution in [-0.4, -0.2) is 23.2 Å². The Morgan fingerprint density at radius 1 is 1.42 bits per heavy atom. The van der Waals surface area contributed by atoms with Crippen molar-refractivity contribution in [3.63, 3.8) is 0 Å². The highest BCUT2D eigenvalue weighted by atomic mass is 32.1. The second kappa shape index (κ2) is 5.51. The molecule has 3 atom stereocenters. The number of ether oxygens (including phenoxy) is 1. The number of aromatic nitrogens is 1. The van der Waals surface area contributed by atoms with Crippen LogP contribution in [0.15, 0.2) is 0 Å². The van der Waals surface area contributed by atoms with Gasteiger partial charge in [-0.2, -0.15) is 0 Å². The van der Waals surface area contributed by atoms with Gasteiger partial charge in [0.25, 0.3) is 0 Å². The quantitative estimate of drug-likeness (QED) is 0.899. The first-order chi connectivity index (χ1) is 9.17. The normalized spacial score (nSPS) is 29.6. The Morgan fingerprint density at radius 2 is 2.26 bits per heavy atom. The molecule has 0 amide bonds. The molecular weight excluding hydrogens is 256 g/mol. The van der Waals surface area contributed by atoms with Crippen LogP contribution in [0.25, 0.3) is 0 Å². The summed E-state index contributed by atoms with van der Waals surface area (Å²) in [6.45, 7) is 7.55. The molecular formula is C15H24N2OS. The van der Waals surface area contributed by atoms with E-state index >= 15 is 0 Å². The summed E-state index contributed by atoms with van der Waals surface area (Å²) >= 11 is 1.91. The third kappa shape index (κ3) is 2.71. The maximum Gasteiger partial charge on any atom is 0.0989 e. The fourth-order valence-electron chi connectivity index (χ4n) is 3.17. The van der Waals surface area contributed by atoms with Crippen molar-refractivity contribution in [1.82, 2.24) is 10.3 Å². The van der Waals surface area contributed by atoms with Gasteiger partial charge in [-0.3, -0.25) is 0 Å². The van der Waals surface area contributed by atoms with Crippen LogP contribution in [-0.2, 0) is 17.7 Å². The topological polar surface area (TPSA) is 34.1 Å². The lowest BCUT2D eigenvalue weighted by atomic mass is 9.90. The Labute approximate surface area is 119 Å². The van der Waals surface area contributed by atoms with Gasteiger partial charge in [-0.1, -0.05) is 20.8 Å². The molecule has 0 aliphatic carbocycles. The van der Waals surface area contributed by atoms with Crippen molar-refractivity contribution in [3.05, 3.63) is 15.6 Å². The molecule has 0 radical (unpaired) electrons.